The molecule has 0 saturated heterocycles. The Bertz CT molecular complexity index is 920. The summed E-state index contributed by atoms with van der Waals surface area (Å²) < 4.78 is 0. The number of hydrogen-bond acceptors (Lipinski definition) is 2. The molecule has 0 aliphatic heterocycles. The van der Waals surface area contributed by atoms with Gasteiger partial charge in [-0.05, 0) is 124 Å². The second kappa shape index (κ2) is 30.4. The fourth-order valence-electron chi connectivity index (χ4n) is 5.64. The molecule has 0 saturated carbocycles. The molecule has 2 nitrogen and oxygen atoms in total. The average molecular weight is 655 g/mol. The van der Waals surface area contributed by atoms with Gasteiger partial charge in [-0.15, -0.1) is 6.58 Å². The Morgan fingerprint density at radius 3 is 1.43 bits per heavy atom. The molecule has 0 bridgehead atoms. The Kier molecular flexibility index (Phi) is 30.7. The summed E-state index contributed by atoms with van der Waals surface area (Å²) in [6, 6.07) is 0. The number of hydrogen-bond donors (Lipinski definition) is 2. The van der Waals surface area contributed by atoms with Crippen LogP contribution in [0.2, 0.25) is 0 Å². The molecule has 0 heterocycles. The molecule has 2 heteroatoms. The van der Waals surface area contributed by atoms with Crippen LogP contribution in [0.4, 0.5) is 0 Å². The van der Waals surface area contributed by atoms with E-state index in [4.69, 9.17) is 5.11 Å². The summed E-state index contributed by atoms with van der Waals surface area (Å²) in [4.78, 5) is 0. The van der Waals surface area contributed by atoms with Crippen molar-refractivity contribution in [2.45, 2.75) is 191 Å². The predicted molar refractivity (Wildman–Crippen MR) is 214 cm³/mol. The van der Waals surface area contributed by atoms with Crippen LogP contribution in [0.3, 0.4) is 0 Å². The van der Waals surface area contributed by atoms with Crippen LogP contribution in [0.5, 0.6) is 0 Å². The van der Waals surface area contributed by atoms with Crippen LogP contribution in [0, 0.1) is 17.8 Å². The number of unbranched alkanes of at least 4 members (excludes halogenated alkanes) is 1. The summed E-state index contributed by atoms with van der Waals surface area (Å²) in [7, 11) is 0. The van der Waals surface area contributed by atoms with E-state index in [-0.39, 0.29) is 6.61 Å². The average Bonchev–Trinajstić information content (AvgIpc) is 2.98. The minimum atomic E-state index is -0.676. The van der Waals surface area contributed by atoms with Crippen LogP contribution in [0.15, 0.2) is 70.9 Å². The van der Waals surface area contributed by atoms with Gasteiger partial charge >= 0.3 is 0 Å². The first-order valence-electron chi connectivity index (χ1n) is 19.3. The molecule has 47 heavy (non-hydrogen) atoms. The van der Waals surface area contributed by atoms with E-state index >= 15 is 0 Å². The van der Waals surface area contributed by atoms with Gasteiger partial charge < -0.3 is 10.2 Å². The summed E-state index contributed by atoms with van der Waals surface area (Å²) in [6.07, 6.45) is 33.6. The van der Waals surface area contributed by atoms with E-state index in [2.05, 4.69) is 100 Å². The maximum atomic E-state index is 9.89. The van der Waals surface area contributed by atoms with Crippen LogP contribution in [-0.2, 0) is 0 Å². The largest absolute Gasteiger partial charge is 0.392 e. The molecule has 0 rings (SSSR count). The van der Waals surface area contributed by atoms with E-state index < -0.39 is 5.60 Å². The fourth-order valence-corrected chi connectivity index (χ4v) is 5.64. The summed E-state index contributed by atoms with van der Waals surface area (Å²) >= 11 is 0. The SMILES string of the molecule is C=CC(C)(O)CCCC(C)CCCC(C)CCCC(C)C.CC(C)=CCC/C(C)=C/CC/C(C)=C/CC/C=C(/C)CC/C(C)=C\CO. The molecular weight excluding hydrogens is 572 g/mol. The molecule has 3 unspecified atom stereocenters. The smallest absolute Gasteiger partial charge is 0.0797 e. The van der Waals surface area contributed by atoms with Gasteiger partial charge in [0.25, 0.3) is 0 Å². The minimum Gasteiger partial charge on any atom is -0.392 e. The summed E-state index contributed by atoms with van der Waals surface area (Å²) in [5.41, 5.74) is 6.49. The van der Waals surface area contributed by atoms with Crippen LogP contribution >= 0.6 is 0 Å². The molecular formula is C45H82O2. The molecule has 0 aliphatic carbocycles. The first kappa shape index (κ1) is 47.5. The van der Waals surface area contributed by atoms with Crippen molar-refractivity contribution in [3.63, 3.8) is 0 Å². The van der Waals surface area contributed by atoms with Gasteiger partial charge in [-0.25, -0.2) is 0 Å². The topological polar surface area (TPSA) is 40.5 Å². The highest BCUT2D eigenvalue weighted by Gasteiger charge is 2.15. The number of allylic oxidation sites excluding steroid dienone is 9. The van der Waals surface area contributed by atoms with Crippen molar-refractivity contribution >= 4 is 0 Å². The maximum Gasteiger partial charge on any atom is 0.0797 e. The van der Waals surface area contributed by atoms with Crippen LogP contribution in [0.1, 0.15) is 185 Å². The zero-order chi connectivity index (χ0) is 36.1. The fraction of sp³-hybridized carbons (Fsp3) is 0.733. The normalized spacial score (nSPS) is 15.5. The zero-order valence-electron chi connectivity index (χ0n) is 33.5. The van der Waals surface area contributed by atoms with Gasteiger partial charge in [0.15, 0.2) is 0 Å². The van der Waals surface area contributed by atoms with Crippen molar-refractivity contribution in [1.29, 1.82) is 0 Å². The van der Waals surface area contributed by atoms with Gasteiger partial charge in [0.05, 0.1) is 12.2 Å². The second-order valence-electron chi connectivity index (χ2n) is 15.7. The molecule has 0 aliphatic rings. The molecule has 3 atom stereocenters. The second-order valence-corrected chi connectivity index (χ2v) is 15.7. The Labute approximate surface area is 295 Å². The first-order valence-corrected chi connectivity index (χ1v) is 19.3. The van der Waals surface area contributed by atoms with Crippen LogP contribution in [-0.4, -0.2) is 22.4 Å². The van der Waals surface area contributed by atoms with Crippen molar-refractivity contribution in [2.75, 3.05) is 6.61 Å². The lowest BCUT2D eigenvalue weighted by atomic mass is 9.90. The van der Waals surface area contributed by atoms with E-state index in [0.717, 1.165) is 62.7 Å². The van der Waals surface area contributed by atoms with Gasteiger partial charge in [-0.1, -0.05) is 143 Å². The van der Waals surface area contributed by atoms with Crippen LogP contribution in [0.25, 0.3) is 0 Å². The highest BCUT2D eigenvalue weighted by atomic mass is 16.3. The minimum absolute atomic E-state index is 0.156. The molecule has 274 valence electrons. The quantitative estimate of drug-likeness (QED) is 0.0720. The number of rotatable bonds is 26. The monoisotopic (exact) mass is 655 g/mol. The summed E-state index contributed by atoms with van der Waals surface area (Å²) in [6.45, 7) is 28.2. The standard InChI is InChI=1S/C25H42O.C20H40O/c1-21(2)11-9-14-23(4)16-10-15-22(3)12-7-8-13-24(5)17-18-25(6)19-20-26;1-7-20(6,21)16-10-15-19(5)14-9-13-18(4)12-8-11-17(2)3/h11-13,16,19,26H,7-10,14-15,17-18,20H2,1-6H3;7,17-19,21H,1,8-16H2,2-6H3/b22-12+,23-16+,24-13-,25-19-;. The Morgan fingerprint density at radius 2 is 0.979 bits per heavy atom. The van der Waals surface area contributed by atoms with Crippen LogP contribution < -0.4 is 0 Å². The molecule has 0 radical (unpaired) electrons. The molecule has 0 aromatic rings. The number of aliphatic hydroxyl groups is 2. The molecule has 0 aromatic carbocycles. The number of aliphatic hydroxyl groups excluding tert-OH is 1. The van der Waals surface area contributed by atoms with E-state index in [0.29, 0.717) is 0 Å². The van der Waals surface area contributed by atoms with Gasteiger partial charge in [0.1, 0.15) is 0 Å². The van der Waals surface area contributed by atoms with Gasteiger partial charge in [-0.3, -0.25) is 0 Å². The Hall–Kier alpha value is -1.64. The van der Waals surface area contributed by atoms with Crippen molar-refractivity contribution in [2.24, 2.45) is 17.8 Å². The van der Waals surface area contributed by atoms with E-state index in [1.54, 1.807) is 6.08 Å². The zero-order valence-corrected chi connectivity index (χ0v) is 33.5. The predicted octanol–water partition coefficient (Wildman–Crippen LogP) is 14.2. The lowest BCUT2D eigenvalue weighted by Gasteiger charge is -2.20. The lowest BCUT2D eigenvalue weighted by molar-refractivity contribution is 0.0974. The van der Waals surface area contributed by atoms with Gasteiger partial charge in [0.2, 0.25) is 0 Å². The Morgan fingerprint density at radius 1 is 0.574 bits per heavy atom. The van der Waals surface area contributed by atoms with Crippen molar-refractivity contribution in [1.82, 2.24) is 0 Å². The van der Waals surface area contributed by atoms with Crippen molar-refractivity contribution < 1.29 is 10.2 Å². The van der Waals surface area contributed by atoms with E-state index in [9.17, 15) is 5.11 Å². The summed E-state index contributed by atoms with van der Waals surface area (Å²) in [5, 5.41) is 18.8. The summed E-state index contributed by atoms with van der Waals surface area (Å²) in [5.74, 6) is 2.52. The third-order valence-corrected chi connectivity index (χ3v) is 9.32. The molecule has 0 aromatic heterocycles. The van der Waals surface area contributed by atoms with Crippen molar-refractivity contribution in [3.05, 3.63) is 70.9 Å². The maximum absolute atomic E-state index is 9.89. The van der Waals surface area contributed by atoms with Gasteiger partial charge in [0, 0.05) is 0 Å². The first-order chi connectivity index (χ1) is 22.1. The third-order valence-electron chi connectivity index (χ3n) is 9.32. The Balaban J connectivity index is 0. The highest BCUT2D eigenvalue weighted by Crippen LogP contribution is 2.23. The molecule has 0 fully saturated rings. The molecule has 0 spiro atoms. The van der Waals surface area contributed by atoms with Gasteiger partial charge in [-0.2, -0.15) is 0 Å². The molecule has 0 amide bonds. The molecule has 2 N–H and O–H groups in total. The lowest BCUT2D eigenvalue weighted by Crippen LogP contribution is -2.20. The van der Waals surface area contributed by atoms with E-state index in [1.807, 2.05) is 13.0 Å². The van der Waals surface area contributed by atoms with E-state index in [1.165, 1.54) is 92.1 Å². The third kappa shape index (κ3) is 35.5. The highest BCUT2D eigenvalue weighted by molar-refractivity contribution is 5.08. The van der Waals surface area contributed by atoms with Crippen molar-refractivity contribution in [3.8, 4) is 0 Å².